The molecule has 0 bridgehead atoms. The van der Waals surface area contributed by atoms with Gasteiger partial charge >= 0.3 is 0 Å². The number of carbonyl (C=O) groups excluding carboxylic acids is 1. The maximum atomic E-state index is 11.5. The lowest BCUT2D eigenvalue weighted by Gasteiger charge is -2.22. The summed E-state index contributed by atoms with van der Waals surface area (Å²) in [7, 11) is 0. The normalized spacial score (nSPS) is 20.6. The SMILES string of the molecule is NC(=O)[C@@H](NC[C@@H]1CC=CCC1)c1ccccc1. The smallest absolute Gasteiger partial charge is 0.239 e. The van der Waals surface area contributed by atoms with Gasteiger partial charge in [0.15, 0.2) is 0 Å². The standard InChI is InChI=1S/C15H20N2O/c16-15(18)14(13-9-5-2-6-10-13)17-11-12-7-3-1-4-8-12/h1-3,5-6,9-10,12,14,17H,4,7-8,11H2,(H2,16,18)/t12-,14+/m1/s1. The van der Waals surface area contributed by atoms with Gasteiger partial charge in [-0.2, -0.15) is 0 Å². The number of hydrogen-bond acceptors (Lipinski definition) is 2. The monoisotopic (exact) mass is 244 g/mol. The molecule has 3 heteroatoms. The van der Waals surface area contributed by atoms with Gasteiger partial charge < -0.3 is 11.1 Å². The zero-order valence-electron chi connectivity index (χ0n) is 10.5. The number of benzene rings is 1. The Labute approximate surface area is 108 Å². The van der Waals surface area contributed by atoms with Crippen molar-refractivity contribution in [3.05, 3.63) is 48.0 Å². The molecule has 0 aliphatic heterocycles. The summed E-state index contributed by atoms with van der Waals surface area (Å²) in [4.78, 5) is 11.5. The van der Waals surface area contributed by atoms with E-state index in [0.717, 1.165) is 24.9 Å². The van der Waals surface area contributed by atoms with E-state index in [1.54, 1.807) is 0 Å². The minimum atomic E-state index is -0.378. The molecular weight excluding hydrogens is 224 g/mol. The second kappa shape index (κ2) is 6.36. The number of hydrogen-bond donors (Lipinski definition) is 2. The molecule has 0 fully saturated rings. The number of amides is 1. The van der Waals surface area contributed by atoms with Gasteiger partial charge in [0.2, 0.25) is 5.91 Å². The minimum absolute atomic E-state index is 0.312. The van der Waals surface area contributed by atoms with E-state index in [2.05, 4.69) is 17.5 Å². The number of nitrogens with two attached hydrogens (primary N) is 1. The number of carbonyl (C=O) groups is 1. The van der Waals surface area contributed by atoms with Crippen LogP contribution in [0.3, 0.4) is 0 Å². The van der Waals surface area contributed by atoms with Crippen molar-refractivity contribution >= 4 is 5.91 Å². The molecule has 0 radical (unpaired) electrons. The molecule has 1 aliphatic rings. The first kappa shape index (κ1) is 12.8. The first-order valence-corrected chi connectivity index (χ1v) is 6.50. The average Bonchev–Trinajstić information content (AvgIpc) is 2.41. The zero-order valence-corrected chi connectivity index (χ0v) is 10.5. The van der Waals surface area contributed by atoms with Crippen molar-refractivity contribution in [1.29, 1.82) is 0 Å². The van der Waals surface area contributed by atoms with Gasteiger partial charge in [-0.05, 0) is 37.3 Å². The van der Waals surface area contributed by atoms with Crippen LogP contribution in [0.5, 0.6) is 0 Å². The molecule has 3 nitrogen and oxygen atoms in total. The molecule has 1 aromatic carbocycles. The fraction of sp³-hybridized carbons (Fsp3) is 0.400. The van der Waals surface area contributed by atoms with Crippen LogP contribution in [0.4, 0.5) is 0 Å². The Morgan fingerprint density at radius 1 is 1.33 bits per heavy atom. The highest BCUT2D eigenvalue weighted by Crippen LogP contribution is 2.19. The largest absolute Gasteiger partial charge is 0.368 e. The molecule has 1 amide bonds. The van der Waals surface area contributed by atoms with E-state index >= 15 is 0 Å². The molecule has 0 heterocycles. The van der Waals surface area contributed by atoms with Crippen LogP contribution in [0.2, 0.25) is 0 Å². The van der Waals surface area contributed by atoms with E-state index in [0.29, 0.717) is 5.92 Å². The molecule has 2 rings (SSSR count). The first-order valence-electron chi connectivity index (χ1n) is 6.50. The number of nitrogens with one attached hydrogen (secondary N) is 1. The Hall–Kier alpha value is -1.61. The number of allylic oxidation sites excluding steroid dienone is 2. The van der Waals surface area contributed by atoms with Crippen molar-refractivity contribution in [2.75, 3.05) is 6.54 Å². The van der Waals surface area contributed by atoms with Crippen molar-refractivity contribution < 1.29 is 4.79 Å². The van der Waals surface area contributed by atoms with Crippen LogP contribution in [0, 0.1) is 5.92 Å². The quantitative estimate of drug-likeness (QED) is 0.780. The highest BCUT2D eigenvalue weighted by molar-refractivity contribution is 5.81. The van der Waals surface area contributed by atoms with Crippen LogP contribution in [-0.2, 0) is 4.79 Å². The highest BCUT2D eigenvalue weighted by Gasteiger charge is 2.19. The van der Waals surface area contributed by atoms with Gasteiger partial charge in [-0.3, -0.25) is 4.79 Å². The number of primary amides is 1. The summed E-state index contributed by atoms with van der Waals surface area (Å²) >= 11 is 0. The lowest BCUT2D eigenvalue weighted by atomic mass is 9.94. The van der Waals surface area contributed by atoms with Gasteiger partial charge in [0.05, 0.1) is 0 Å². The van der Waals surface area contributed by atoms with Crippen LogP contribution < -0.4 is 11.1 Å². The second-order valence-electron chi connectivity index (χ2n) is 4.80. The van der Waals surface area contributed by atoms with Crippen LogP contribution in [0.25, 0.3) is 0 Å². The van der Waals surface area contributed by atoms with E-state index in [-0.39, 0.29) is 11.9 Å². The zero-order chi connectivity index (χ0) is 12.8. The molecule has 0 unspecified atom stereocenters. The van der Waals surface area contributed by atoms with Crippen molar-refractivity contribution in [3.8, 4) is 0 Å². The summed E-state index contributed by atoms with van der Waals surface area (Å²) < 4.78 is 0. The van der Waals surface area contributed by atoms with E-state index in [9.17, 15) is 4.79 Å². The molecule has 1 aliphatic carbocycles. The predicted molar refractivity (Wildman–Crippen MR) is 72.9 cm³/mol. The lowest BCUT2D eigenvalue weighted by molar-refractivity contribution is -0.120. The van der Waals surface area contributed by atoms with Crippen LogP contribution in [0.15, 0.2) is 42.5 Å². The topological polar surface area (TPSA) is 55.1 Å². The molecule has 1 aromatic rings. The van der Waals surface area contributed by atoms with Crippen molar-refractivity contribution in [1.82, 2.24) is 5.32 Å². The third-order valence-electron chi connectivity index (χ3n) is 3.41. The van der Waals surface area contributed by atoms with Crippen molar-refractivity contribution in [3.63, 3.8) is 0 Å². The van der Waals surface area contributed by atoms with Gasteiger partial charge in [-0.1, -0.05) is 42.5 Å². The predicted octanol–water partition coefficient (Wildman–Crippen LogP) is 2.16. The fourth-order valence-corrected chi connectivity index (χ4v) is 2.35. The molecule has 0 spiro atoms. The maximum absolute atomic E-state index is 11.5. The maximum Gasteiger partial charge on any atom is 0.239 e. The van der Waals surface area contributed by atoms with Gasteiger partial charge in [-0.25, -0.2) is 0 Å². The summed E-state index contributed by atoms with van der Waals surface area (Å²) in [5.41, 5.74) is 6.41. The fourth-order valence-electron chi connectivity index (χ4n) is 2.35. The van der Waals surface area contributed by atoms with E-state index in [1.807, 2.05) is 30.3 Å². The average molecular weight is 244 g/mol. The Kier molecular flexibility index (Phi) is 4.53. The van der Waals surface area contributed by atoms with Crippen LogP contribution >= 0.6 is 0 Å². The summed E-state index contributed by atoms with van der Waals surface area (Å²) in [6, 6.07) is 9.28. The van der Waals surface area contributed by atoms with Gasteiger partial charge in [0.25, 0.3) is 0 Å². The van der Waals surface area contributed by atoms with E-state index in [4.69, 9.17) is 5.73 Å². The van der Waals surface area contributed by atoms with Crippen LogP contribution in [0.1, 0.15) is 30.9 Å². The lowest BCUT2D eigenvalue weighted by Crippen LogP contribution is -2.36. The minimum Gasteiger partial charge on any atom is -0.368 e. The summed E-state index contributed by atoms with van der Waals surface area (Å²) in [5, 5.41) is 3.30. The first-order chi connectivity index (χ1) is 8.77. The summed E-state index contributed by atoms with van der Waals surface area (Å²) in [6.07, 6.45) is 7.85. The molecule has 96 valence electrons. The molecule has 18 heavy (non-hydrogen) atoms. The van der Waals surface area contributed by atoms with Crippen molar-refractivity contribution in [2.45, 2.75) is 25.3 Å². The van der Waals surface area contributed by atoms with E-state index < -0.39 is 0 Å². The van der Waals surface area contributed by atoms with E-state index in [1.165, 1.54) is 6.42 Å². The molecule has 2 atom stereocenters. The number of rotatable bonds is 5. The Bertz CT molecular complexity index is 414. The van der Waals surface area contributed by atoms with Crippen LogP contribution in [-0.4, -0.2) is 12.5 Å². The highest BCUT2D eigenvalue weighted by atomic mass is 16.1. The van der Waals surface area contributed by atoms with Gasteiger partial charge in [0, 0.05) is 0 Å². The molecule has 3 N–H and O–H groups in total. The summed E-state index contributed by atoms with van der Waals surface area (Å²) in [5.74, 6) is 0.299. The summed E-state index contributed by atoms with van der Waals surface area (Å²) in [6.45, 7) is 0.840. The van der Waals surface area contributed by atoms with Gasteiger partial charge in [0.1, 0.15) is 6.04 Å². The Balaban J connectivity index is 1.95. The third-order valence-corrected chi connectivity index (χ3v) is 3.41. The third kappa shape index (κ3) is 3.44. The molecule has 0 saturated heterocycles. The molecular formula is C15H20N2O. The molecule has 0 saturated carbocycles. The second-order valence-corrected chi connectivity index (χ2v) is 4.80. The Morgan fingerprint density at radius 2 is 2.11 bits per heavy atom. The van der Waals surface area contributed by atoms with Crippen molar-refractivity contribution in [2.24, 2.45) is 11.7 Å². The Morgan fingerprint density at radius 3 is 2.72 bits per heavy atom. The van der Waals surface area contributed by atoms with Gasteiger partial charge in [-0.15, -0.1) is 0 Å². The molecule has 0 aromatic heterocycles.